The molecule has 1 aromatic carbocycles. The lowest BCUT2D eigenvalue weighted by molar-refractivity contribution is 0.0826. The van der Waals surface area contributed by atoms with Gasteiger partial charge in [0.05, 0.1) is 5.56 Å². The molecule has 0 bridgehead atoms. The van der Waals surface area contributed by atoms with Gasteiger partial charge in [0.1, 0.15) is 17.5 Å². The lowest BCUT2D eigenvalue weighted by atomic mass is 9.88. The highest BCUT2D eigenvalue weighted by Gasteiger charge is 2.30. The van der Waals surface area contributed by atoms with Gasteiger partial charge in [-0.3, -0.25) is 9.69 Å². The number of anilines is 1. The van der Waals surface area contributed by atoms with Gasteiger partial charge in [-0.25, -0.2) is 18.2 Å². The number of nitrogen functional groups attached to an aromatic ring is 1. The summed E-state index contributed by atoms with van der Waals surface area (Å²) in [6, 6.07) is 1.08. The van der Waals surface area contributed by atoms with E-state index in [0.717, 1.165) is 4.88 Å². The number of hydrogen-bond donors (Lipinski definition) is 1. The molecule has 0 amide bonds. The highest BCUT2D eigenvalue weighted by atomic mass is 35.5. The molecule has 1 saturated heterocycles. The van der Waals surface area contributed by atoms with Crippen LogP contribution in [0, 0.1) is 23.4 Å². The number of aromatic nitrogens is 1. The molecule has 1 fully saturated rings. The van der Waals surface area contributed by atoms with Gasteiger partial charge < -0.3 is 5.73 Å². The molecule has 2 aromatic rings. The largest absolute Gasteiger partial charge is 0.375 e. The third-order valence-electron chi connectivity index (χ3n) is 4.16. The molecule has 2 heterocycles. The van der Waals surface area contributed by atoms with Crippen molar-refractivity contribution in [2.75, 3.05) is 18.8 Å². The molecule has 0 spiro atoms. The summed E-state index contributed by atoms with van der Waals surface area (Å²) in [6.07, 6.45) is 2.73. The van der Waals surface area contributed by atoms with E-state index in [1.54, 1.807) is 6.20 Å². The average Bonchev–Trinajstić information content (AvgIpc) is 2.92. The molecule has 0 atom stereocenters. The monoisotopic (exact) mass is 391 g/mol. The minimum absolute atomic E-state index is 0. The van der Waals surface area contributed by atoms with E-state index in [0.29, 0.717) is 49.7 Å². The molecule has 2 N–H and O–H groups in total. The van der Waals surface area contributed by atoms with Crippen LogP contribution in [0.3, 0.4) is 0 Å². The number of thiazole rings is 1. The van der Waals surface area contributed by atoms with Crippen molar-refractivity contribution in [2.24, 2.45) is 5.92 Å². The number of nitrogens with zero attached hydrogens (tertiary/aromatic N) is 2. The van der Waals surface area contributed by atoms with Crippen molar-refractivity contribution >= 4 is 34.7 Å². The predicted octanol–water partition coefficient (Wildman–Crippen LogP) is 3.66. The molecule has 1 aliphatic heterocycles. The van der Waals surface area contributed by atoms with Gasteiger partial charge in [0.15, 0.2) is 10.9 Å². The fraction of sp³-hybridized carbons (Fsp3) is 0.375. The number of halogens is 4. The number of Topliss-reactive ketones (excluding diaryl/α,β-unsaturated/α-hetero) is 1. The fourth-order valence-corrected chi connectivity index (χ4v) is 3.68. The second-order valence-electron chi connectivity index (χ2n) is 5.82. The van der Waals surface area contributed by atoms with Crippen LogP contribution in [-0.2, 0) is 6.54 Å². The molecule has 0 unspecified atom stereocenters. The van der Waals surface area contributed by atoms with Crippen LogP contribution in [0.2, 0.25) is 0 Å². The Labute approximate surface area is 153 Å². The van der Waals surface area contributed by atoms with Gasteiger partial charge in [-0.1, -0.05) is 0 Å². The fourth-order valence-electron chi connectivity index (χ4n) is 2.95. The molecule has 0 saturated carbocycles. The van der Waals surface area contributed by atoms with Crippen molar-refractivity contribution < 1.29 is 18.0 Å². The van der Waals surface area contributed by atoms with E-state index in [2.05, 4.69) is 9.88 Å². The molecular formula is C16H17ClF3N3OS. The van der Waals surface area contributed by atoms with Gasteiger partial charge in [0.25, 0.3) is 0 Å². The predicted molar refractivity (Wildman–Crippen MR) is 92.4 cm³/mol. The standard InChI is InChI=1S/C16H16F3N3OS.ClH/c17-10-5-12(18)14(13(19)6-10)15(23)9-1-3-22(4-2-9)8-11-7-21-16(20)24-11;/h5-7,9H,1-4,8H2,(H2,20,21);1H. The summed E-state index contributed by atoms with van der Waals surface area (Å²) in [7, 11) is 0. The molecule has 136 valence electrons. The van der Waals surface area contributed by atoms with Crippen molar-refractivity contribution in [3.63, 3.8) is 0 Å². The minimum Gasteiger partial charge on any atom is -0.375 e. The number of hydrogen-bond acceptors (Lipinski definition) is 5. The number of likely N-dealkylation sites (tertiary alicyclic amines) is 1. The SMILES string of the molecule is Cl.Nc1ncc(CN2CCC(C(=O)c3c(F)cc(F)cc3F)CC2)s1. The first kappa shape index (κ1) is 19.7. The first-order valence-electron chi connectivity index (χ1n) is 7.55. The third kappa shape index (κ3) is 4.50. The molecular weight excluding hydrogens is 375 g/mol. The molecule has 1 aliphatic rings. The Morgan fingerprint density at radius 1 is 1.24 bits per heavy atom. The van der Waals surface area contributed by atoms with E-state index < -0.39 is 34.7 Å². The van der Waals surface area contributed by atoms with Crippen molar-refractivity contribution in [1.29, 1.82) is 0 Å². The number of piperidine rings is 1. The lowest BCUT2D eigenvalue weighted by Crippen LogP contribution is -2.36. The highest BCUT2D eigenvalue weighted by Crippen LogP contribution is 2.27. The van der Waals surface area contributed by atoms with Gasteiger partial charge in [-0.15, -0.1) is 23.7 Å². The van der Waals surface area contributed by atoms with Crippen molar-refractivity contribution in [3.05, 3.63) is 46.2 Å². The summed E-state index contributed by atoms with van der Waals surface area (Å²) in [5, 5.41) is 0.511. The Bertz CT molecular complexity index is 740. The van der Waals surface area contributed by atoms with Gasteiger partial charge in [-0.05, 0) is 25.9 Å². The van der Waals surface area contributed by atoms with E-state index in [4.69, 9.17) is 5.73 Å². The lowest BCUT2D eigenvalue weighted by Gasteiger charge is -2.30. The summed E-state index contributed by atoms with van der Waals surface area (Å²) >= 11 is 1.41. The zero-order valence-electron chi connectivity index (χ0n) is 13.2. The van der Waals surface area contributed by atoms with Crippen LogP contribution in [0.15, 0.2) is 18.3 Å². The van der Waals surface area contributed by atoms with Crippen molar-refractivity contribution in [2.45, 2.75) is 19.4 Å². The summed E-state index contributed by atoms with van der Waals surface area (Å²) in [5.74, 6) is -4.35. The van der Waals surface area contributed by atoms with Crippen molar-refractivity contribution in [3.8, 4) is 0 Å². The maximum Gasteiger partial charge on any atom is 0.180 e. The van der Waals surface area contributed by atoms with Crippen LogP contribution in [0.4, 0.5) is 18.3 Å². The Balaban J connectivity index is 0.00000225. The molecule has 3 rings (SSSR count). The molecule has 9 heteroatoms. The second kappa shape index (κ2) is 8.16. The minimum atomic E-state index is -1.14. The number of benzene rings is 1. The smallest absolute Gasteiger partial charge is 0.180 e. The summed E-state index contributed by atoms with van der Waals surface area (Å²) < 4.78 is 40.5. The quantitative estimate of drug-likeness (QED) is 0.808. The molecule has 0 aliphatic carbocycles. The third-order valence-corrected chi connectivity index (χ3v) is 4.97. The van der Waals surface area contributed by atoms with Crippen LogP contribution in [0.25, 0.3) is 0 Å². The summed E-state index contributed by atoms with van der Waals surface area (Å²) in [5.41, 5.74) is 4.96. The number of ketones is 1. The Kier molecular flexibility index (Phi) is 6.42. The van der Waals surface area contributed by atoms with Crippen molar-refractivity contribution in [1.82, 2.24) is 9.88 Å². The molecule has 25 heavy (non-hydrogen) atoms. The van der Waals surface area contributed by atoms with Gasteiger partial charge in [0, 0.05) is 35.7 Å². The van der Waals surface area contributed by atoms with Crippen LogP contribution in [0.1, 0.15) is 28.1 Å². The zero-order valence-corrected chi connectivity index (χ0v) is 14.8. The van der Waals surface area contributed by atoms with Crippen LogP contribution in [-0.4, -0.2) is 28.8 Å². The van der Waals surface area contributed by atoms with Gasteiger partial charge in [0.2, 0.25) is 0 Å². The average molecular weight is 392 g/mol. The molecule has 1 aromatic heterocycles. The first-order valence-corrected chi connectivity index (χ1v) is 8.37. The maximum atomic E-state index is 13.8. The Hall–Kier alpha value is -1.64. The van der Waals surface area contributed by atoms with E-state index in [-0.39, 0.29) is 12.4 Å². The number of nitrogens with two attached hydrogens (primary N) is 1. The normalized spacial score (nSPS) is 15.8. The van der Waals surface area contributed by atoms with Gasteiger partial charge >= 0.3 is 0 Å². The number of carbonyl (C=O) groups is 1. The van der Waals surface area contributed by atoms with Crippen LogP contribution >= 0.6 is 23.7 Å². The van der Waals surface area contributed by atoms with E-state index >= 15 is 0 Å². The maximum absolute atomic E-state index is 13.8. The highest BCUT2D eigenvalue weighted by molar-refractivity contribution is 7.15. The van der Waals surface area contributed by atoms with Crippen LogP contribution in [0.5, 0.6) is 0 Å². The van der Waals surface area contributed by atoms with E-state index in [1.807, 2.05) is 0 Å². The van der Waals surface area contributed by atoms with E-state index in [1.165, 1.54) is 11.3 Å². The second-order valence-corrected chi connectivity index (χ2v) is 6.97. The van der Waals surface area contributed by atoms with Gasteiger partial charge in [-0.2, -0.15) is 0 Å². The number of carbonyl (C=O) groups excluding carboxylic acids is 1. The Morgan fingerprint density at radius 3 is 2.36 bits per heavy atom. The molecule has 0 radical (unpaired) electrons. The topological polar surface area (TPSA) is 59.2 Å². The van der Waals surface area contributed by atoms with E-state index in [9.17, 15) is 18.0 Å². The summed E-state index contributed by atoms with van der Waals surface area (Å²) in [4.78, 5) is 19.6. The molecule has 4 nitrogen and oxygen atoms in total. The number of rotatable bonds is 4. The summed E-state index contributed by atoms with van der Waals surface area (Å²) in [6.45, 7) is 1.96. The Morgan fingerprint density at radius 2 is 1.84 bits per heavy atom. The van der Waals surface area contributed by atoms with Crippen LogP contribution < -0.4 is 5.73 Å². The zero-order chi connectivity index (χ0) is 17.3. The first-order chi connectivity index (χ1) is 11.4.